The summed E-state index contributed by atoms with van der Waals surface area (Å²) in [7, 11) is 1.62. The van der Waals surface area contributed by atoms with Crippen LogP contribution < -0.4 is 20.1 Å². The molecular formula is C18H21ClN2O3. The van der Waals surface area contributed by atoms with Gasteiger partial charge >= 0.3 is 0 Å². The lowest BCUT2D eigenvalue weighted by Crippen LogP contribution is -2.35. The number of carbonyl (C=O) groups excluding carboxylic acids is 1. The maximum Gasteiger partial charge on any atom is 0.234 e. The maximum absolute atomic E-state index is 11.7. The zero-order valence-electron chi connectivity index (χ0n) is 13.5. The fraction of sp³-hybridized carbons (Fsp3) is 0.278. The second-order valence-electron chi connectivity index (χ2n) is 5.07. The molecule has 0 aliphatic carbocycles. The highest BCUT2D eigenvalue weighted by Gasteiger charge is 2.02. The van der Waals surface area contributed by atoms with Crippen LogP contribution in [-0.4, -0.2) is 32.7 Å². The van der Waals surface area contributed by atoms with Crippen LogP contribution in [0.1, 0.15) is 5.56 Å². The minimum atomic E-state index is -0.0830. The highest BCUT2D eigenvalue weighted by molar-refractivity contribution is 6.31. The topological polar surface area (TPSA) is 59.6 Å². The van der Waals surface area contributed by atoms with E-state index in [4.69, 9.17) is 21.1 Å². The molecule has 2 aromatic rings. The molecular weight excluding hydrogens is 328 g/mol. The van der Waals surface area contributed by atoms with Crippen LogP contribution in [0, 0.1) is 0 Å². The molecule has 128 valence electrons. The average Bonchev–Trinajstić information content (AvgIpc) is 2.61. The molecule has 0 aromatic heterocycles. The normalized spacial score (nSPS) is 10.2. The number of methoxy groups -OCH3 is 1. The van der Waals surface area contributed by atoms with E-state index in [0.717, 1.165) is 17.1 Å². The molecule has 0 saturated heterocycles. The quantitative estimate of drug-likeness (QED) is 0.684. The number of amides is 1. The van der Waals surface area contributed by atoms with E-state index in [9.17, 15) is 4.79 Å². The Hall–Kier alpha value is -2.24. The van der Waals surface area contributed by atoms with E-state index in [2.05, 4.69) is 10.6 Å². The smallest absolute Gasteiger partial charge is 0.234 e. The van der Waals surface area contributed by atoms with Crippen LogP contribution >= 0.6 is 11.6 Å². The van der Waals surface area contributed by atoms with Crippen molar-refractivity contribution in [1.29, 1.82) is 0 Å². The van der Waals surface area contributed by atoms with E-state index in [1.165, 1.54) is 0 Å². The molecule has 24 heavy (non-hydrogen) atoms. The van der Waals surface area contributed by atoms with Crippen molar-refractivity contribution in [1.82, 2.24) is 10.6 Å². The molecule has 0 radical (unpaired) electrons. The first-order valence-corrected chi connectivity index (χ1v) is 8.04. The summed E-state index contributed by atoms with van der Waals surface area (Å²) in [5.41, 5.74) is 0.967. The summed E-state index contributed by atoms with van der Waals surface area (Å²) in [6.07, 6.45) is 0. The lowest BCUT2D eigenvalue weighted by Gasteiger charge is -2.09. The number of carbonyl (C=O) groups is 1. The van der Waals surface area contributed by atoms with Crippen molar-refractivity contribution < 1.29 is 14.3 Å². The molecule has 0 unspecified atom stereocenters. The van der Waals surface area contributed by atoms with Gasteiger partial charge in [-0.15, -0.1) is 0 Å². The number of halogens is 1. The van der Waals surface area contributed by atoms with Crippen molar-refractivity contribution in [2.75, 3.05) is 26.8 Å². The summed E-state index contributed by atoms with van der Waals surface area (Å²) in [6.45, 7) is 1.63. The van der Waals surface area contributed by atoms with Crippen LogP contribution in [0.2, 0.25) is 5.02 Å². The molecule has 0 spiro atoms. The fourth-order valence-electron chi connectivity index (χ4n) is 2.05. The second kappa shape index (κ2) is 9.80. The van der Waals surface area contributed by atoms with Gasteiger partial charge in [0.1, 0.15) is 18.1 Å². The molecule has 0 fully saturated rings. The molecule has 2 rings (SSSR count). The van der Waals surface area contributed by atoms with E-state index in [-0.39, 0.29) is 12.5 Å². The lowest BCUT2D eigenvalue weighted by molar-refractivity contribution is -0.120. The van der Waals surface area contributed by atoms with E-state index in [1.54, 1.807) is 7.11 Å². The predicted molar refractivity (Wildman–Crippen MR) is 94.7 cm³/mol. The van der Waals surface area contributed by atoms with Crippen LogP contribution in [0.3, 0.4) is 0 Å². The highest BCUT2D eigenvalue weighted by Crippen LogP contribution is 2.16. The summed E-state index contributed by atoms with van der Waals surface area (Å²) >= 11 is 6.05. The van der Waals surface area contributed by atoms with Gasteiger partial charge in [0.05, 0.1) is 20.2 Å². The van der Waals surface area contributed by atoms with Crippen molar-refractivity contribution in [3.8, 4) is 11.5 Å². The van der Waals surface area contributed by atoms with Crippen LogP contribution in [0.15, 0.2) is 48.5 Å². The predicted octanol–water partition coefficient (Wildman–Crippen LogP) is 2.63. The summed E-state index contributed by atoms with van der Waals surface area (Å²) < 4.78 is 10.6. The molecule has 1 amide bonds. The van der Waals surface area contributed by atoms with Crippen LogP contribution in [0.4, 0.5) is 0 Å². The summed E-state index contributed by atoms with van der Waals surface area (Å²) in [5.74, 6) is 1.43. The lowest BCUT2D eigenvalue weighted by atomic mass is 10.2. The van der Waals surface area contributed by atoms with Gasteiger partial charge < -0.3 is 20.1 Å². The molecule has 2 N–H and O–H groups in total. The van der Waals surface area contributed by atoms with Crippen molar-refractivity contribution in [2.24, 2.45) is 0 Å². The van der Waals surface area contributed by atoms with Gasteiger partial charge in [0.15, 0.2) is 0 Å². The highest BCUT2D eigenvalue weighted by atomic mass is 35.5. The third-order valence-corrected chi connectivity index (χ3v) is 3.68. The van der Waals surface area contributed by atoms with Gasteiger partial charge in [0, 0.05) is 11.6 Å². The number of nitrogens with one attached hydrogen (secondary N) is 2. The van der Waals surface area contributed by atoms with Crippen molar-refractivity contribution in [3.63, 3.8) is 0 Å². The number of benzene rings is 2. The first-order chi connectivity index (χ1) is 11.7. The monoisotopic (exact) mass is 348 g/mol. The summed E-state index contributed by atoms with van der Waals surface area (Å²) in [5, 5.41) is 6.55. The minimum Gasteiger partial charge on any atom is -0.497 e. The largest absolute Gasteiger partial charge is 0.497 e. The maximum atomic E-state index is 11.7. The Morgan fingerprint density at radius 1 is 1.08 bits per heavy atom. The van der Waals surface area contributed by atoms with Gasteiger partial charge in [-0.1, -0.05) is 29.8 Å². The van der Waals surface area contributed by atoms with Gasteiger partial charge in [-0.2, -0.15) is 0 Å². The van der Waals surface area contributed by atoms with Crippen LogP contribution in [0.25, 0.3) is 0 Å². The van der Waals surface area contributed by atoms with E-state index in [0.29, 0.717) is 24.7 Å². The molecule has 0 bridgehead atoms. The fourth-order valence-corrected chi connectivity index (χ4v) is 2.25. The molecule has 0 saturated carbocycles. The van der Waals surface area contributed by atoms with Crippen molar-refractivity contribution in [2.45, 2.75) is 6.54 Å². The Labute approximate surface area is 146 Å². The zero-order valence-corrected chi connectivity index (χ0v) is 14.3. The van der Waals surface area contributed by atoms with Gasteiger partial charge in [-0.05, 0) is 35.9 Å². The number of ether oxygens (including phenoxy) is 2. The van der Waals surface area contributed by atoms with Crippen LogP contribution in [-0.2, 0) is 11.3 Å². The minimum absolute atomic E-state index is 0.0830. The molecule has 0 atom stereocenters. The third-order valence-electron chi connectivity index (χ3n) is 3.31. The second-order valence-corrected chi connectivity index (χ2v) is 5.48. The molecule has 6 heteroatoms. The Morgan fingerprint density at radius 2 is 1.79 bits per heavy atom. The first-order valence-electron chi connectivity index (χ1n) is 7.66. The van der Waals surface area contributed by atoms with Crippen LogP contribution in [0.5, 0.6) is 11.5 Å². The Bertz CT molecular complexity index is 647. The Balaban J connectivity index is 1.58. The molecule has 5 nitrogen and oxygen atoms in total. The molecule has 2 aromatic carbocycles. The molecule has 0 aliphatic rings. The Morgan fingerprint density at radius 3 is 2.50 bits per heavy atom. The third kappa shape index (κ3) is 6.10. The molecule has 0 aliphatic heterocycles. The van der Waals surface area contributed by atoms with E-state index >= 15 is 0 Å². The zero-order chi connectivity index (χ0) is 17.2. The first kappa shape index (κ1) is 18.1. The van der Waals surface area contributed by atoms with Gasteiger partial charge in [0.2, 0.25) is 5.91 Å². The van der Waals surface area contributed by atoms with Gasteiger partial charge in [0.25, 0.3) is 0 Å². The van der Waals surface area contributed by atoms with E-state index < -0.39 is 0 Å². The number of hydrogen-bond acceptors (Lipinski definition) is 4. The number of hydrogen-bond donors (Lipinski definition) is 2. The molecule has 0 heterocycles. The van der Waals surface area contributed by atoms with E-state index in [1.807, 2.05) is 48.5 Å². The van der Waals surface area contributed by atoms with Gasteiger partial charge in [-0.3, -0.25) is 4.79 Å². The summed E-state index contributed by atoms with van der Waals surface area (Å²) in [4.78, 5) is 11.7. The Kier molecular flexibility index (Phi) is 7.39. The standard InChI is InChI=1S/C18H21ClN2O3/c1-23-15-6-8-16(9-7-15)24-11-10-21-18(22)13-20-12-14-4-2-3-5-17(14)19/h2-9,20H,10-13H2,1H3,(H,21,22). The van der Waals surface area contributed by atoms with Gasteiger partial charge in [-0.25, -0.2) is 0 Å². The summed E-state index contributed by atoms with van der Waals surface area (Å²) in [6, 6.07) is 14.8. The SMILES string of the molecule is COc1ccc(OCCNC(=O)CNCc2ccccc2Cl)cc1. The number of rotatable bonds is 9. The average molecular weight is 349 g/mol. The van der Waals surface area contributed by atoms with Crippen molar-refractivity contribution in [3.05, 3.63) is 59.1 Å². The van der Waals surface area contributed by atoms with Crippen molar-refractivity contribution >= 4 is 17.5 Å².